The highest BCUT2D eigenvalue weighted by molar-refractivity contribution is 6.69. The number of carbonyl (C=O) groups is 1. The van der Waals surface area contributed by atoms with Crippen molar-refractivity contribution < 1.29 is 9.53 Å². The summed E-state index contributed by atoms with van der Waals surface area (Å²) in [5.74, 6) is 0.798. The number of amidine groups is 2. The molecule has 0 spiro atoms. The van der Waals surface area contributed by atoms with Crippen LogP contribution in [-0.4, -0.2) is 50.5 Å². The molecular formula is C14H11N9O2. The summed E-state index contributed by atoms with van der Waals surface area (Å²) in [4.78, 5) is 20.4. The molecule has 1 aromatic heterocycles. The molecule has 1 amide bonds. The number of fused-ring (bicyclic) bond motifs is 1. The number of aromatic amines is 1. The Kier molecular flexibility index (Phi) is 3.65. The summed E-state index contributed by atoms with van der Waals surface area (Å²) in [5.41, 5.74) is 1.27. The molecule has 2 aromatic rings. The van der Waals surface area contributed by atoms with E-state index >= 15 is 0 Å². The molecule has 0 saturated heterocycles. The summed E-state index contributed by atoms with van der Waals surface area (Å²) >= 11 is 0. The standard InChI is InChI=1S/C14H11N9O2/c1-2-5-25-9-4-3-7(11-18-22-23-19-11)6-8(9)12-15-13-10(14(24)16-12)17-21-20-13/h3-4,6H,2,5H2,1H3,(H,18,19,22,23). The highest BCUT2D eigenvalue weighted by Gasteiger charge is 2.29. The van der Waals surface area contributed by atoms with Crippen molar-refractivity contribution in [1.29, 1.82) is 0 Å². The number of hydrogen-bond acceptors (Lipinski definition) is 9. The number of rotatable bonds is 5. The van der Waals surface area contributed by atoms with Crippen LogP contribution in [0.3, 0.4) is 0 Å². The average Bonchev–Trinajstić information content (AvgIpc) is 3.31. The molecule has 0 atom stereocenters. The van der Waals surface area contributed by atoms with Crippen molar-refractivity contribution in [2.45, 2.75) is 13.3 Å². The van der Waals surface area contributed by atoms with Gasteiger partial charge in [0.05, 0.1) is 12.2 Å². The maximum Gasteiger partial charge on any atom is 0.303 e. The number of aromatic nitrogens is 4. The summed E-state index contributed by atoms with van der Waals surface area (Å²) in [6.45, 7) is 2.51. The minimum absolute atomic E-state index is 0.0374. The minimum atomic E-state index is -0.543. The monoisotopic (exact) mass is 337 g/mol. The van der Waals surface area contributed by atoms with E-state index in [1.165, 1.54) is 0 Å². The van der Waals surface area contributed by atoms with Gasteiger partial charge in [0.1, 0.15) is 5.75 Å². The second-order valence-electron chi connectivity index (χ2n) is 5.12. The van der Waals surface area contributed by atoms with Crippen molar-refractivity contribution >= 4 is 23.3 Å². The van der Waals surface area contributed by atoms with Gasteiger partial charge in [0.15, 0.2) is 11.7 Å². The Bertz CT molecular complexity index is 957. The van der Waals surface area contributed by atoms with Crippen molar-refractivity contribution in [3.8, 4) is 17.1 Å². The van der Waals surface area contributed by atoms with E-state index in [2.05, 4.69) is 46.0 Å². The number of H-pyrrole nitrogens is 1. The van der Waals surface area contributed by atoms with Crippen molar-refractivity contribution in [3.05, 3.63) is 23.8 Å². The zero-order valence-corrected chi connectivity index (χ0v) is 13.0. The fourth-order valence-corrected chi connectivity index (χ4v) is 2.28. The molecule has 0 saturated carbocycles. The Morgan fingerprint density at radius 2 is 2.12 bits per heavy atom. The molecule has 1 aromatic carbocycles. The van der Waals surface area contributed by atoms with Crippen molar-refractivity contribution in [2.24, 2.45) is 25.4 Å². The SMILES string of the molecule is CCCOc1ccc(-c2nnn[nH]2)cc1C1=NC(=O)C2=NN=NC2=N1. The maximum atomic E-state index is 12.1. The highest BCUT2D eigenvalue weighted by atomic mass is 16.5. The fourth-order valence-electron chi connectivity index (χ4n) is 2.28. The quantitative estimate of drug-likeness (QED) is 0.871. The molecule has 0 radical (unpaired) electrons. The molecule has 0 aliphatic carbocycles. The van der Waals surface area contributed by atoms with Crippen LogP contribution in [0.2, 0.25) is 0 Å². The van der Waals surface area contributed by atoms with Gasteiger partial charge in [-0.25, -0.2) is 10.1 Å². The van der Waals surface area contributed by atoms with Gasteiger partial charge in [-0.1, -0.05) is 6.92 Å². The predicted octanol–water partition coefficient (Wildman–Crippen LogP) is 1.16. The predicted molar refractivity (Wildman–Crippen MR) is 86.7 cm³/mol. The molecule has 25 heavy (non-hydrogen) atoms. The third-order valence-corrected chi connectivity index (χ3v) is 3.42. The second-order valence-corrected chi connectivity index (χ2v) is 5.12. The molecular weight excluding hydrogens is 326 g/mol. The topological polar surface area (TPSA) is 143 Å². The van der Waals surface area contributed by atoms with E-state index in [9.17, 15) is 4.79 Å². The van der Waals surface area contributed by atoms with Gasteiger partial charge in [-0.2, -0.15) is 4.99 Å². The molecule has 124 valence electrons. The van der Waals surface area contributed by atoms with Crippen LogP contribution in [0.25, 0.3) is 11.4 Å². The largest absolute Gasteiger partial charge is 0.493 e. The van der Waals surface area contributed by atoms with Gasteiger partial charge >= 0.3 is 5.91 Å². The fraction of sp³-hybridized carbons (Fsp3) is 0.214. The van der Waals surface area contributed by atoms with Gasteiger partial charge in [-0.15, -0.1) is 15.3 Å². The van der Waals surface area contributed by atoms with Crippen LogP contribution >= 0.6 is 0 Å². The molecule has 0 fully saturated rings. The van der Waals surface area contributed by atoms with Crippen LogP contribution < -0.4 is 4.74 Å². The van der Waals surface area contributed by atoms with Gasteiger partial charge in [-0.3, -0.25) is 4.79 Å². The lowest BCUT2D eigenvalue weighted by Crippen LogP contribution is -2.26. The lowest BCUT2D eigenvalue weighted by molar-refractivity contribution is -0.111. The number of aliphatic imine (C=N–C) groups is 2. The van der Waals surface area contributed by atoms with E-state index in [0.717, 1.165) is 6.42 Å². The lowest BCUT2D eigenvalue weighted by Gasteiger charge is -2.13. The summed E-state index contributed by atoms with van der Waals surface area (Å²) in [6.07, 6.45) is 0.832. The second kappa shape index (κ2) is 6.11. The maximum absolute atomic E-state index is 12.1. The zero-order valence-electron chi connectivity index (χ0n) is 13.0. The van der Waals surface area contributed by atoms with Crippen LogP contribution in [0.4, 0.5) is 0 Å². The Morgan fingerprint density at radius 3 is 2.92 bits per heavy atom. The number of nitrogens with zero attached hydrogens (tertiary/aromatic N) is 8. The first kappa shape index (κ1) is 14.9. The highest BCUT2D eigenvalue weighted by Crippen LogP contribution is 2.27. The van der Waals surface area contributed by atoms with Crippen molar-refractivity contribution in [2.75, 3.05) is 6.61 Å². The van der Waals surface area contributed by atoms with Gasteiger partial charge in [-0.05, 0) is 40.3 Å². The zero-order chi connectivity index (χ0) is 17.2. The van der Waals surface area contributed by atoms with Crippen molar-refractivity contribution in [3.63, 3.8) is 0 Å². The number of ether oxygens (including phenoxy) is 1. The molecule has 11 nitrogen and oxygen atoms in total. The number of nitrogens with one attached hydrogen (secondary N) is 1. The smallest absolute Gasteiger partial charge is 0.303 e. The molecule has 0 unspecified atom stereocenters. The van der Waals surface area contributed by atoms with E-state index < -0.39 is 5.91 Å². The van der Waals surface area contributed by atoms with E-state index in [0.29, 0.717) is 29.3 Å². The van der Waals surface area contributed by atoms with Crippen LogP contribution in [0.15, 0.2) is 43.6 Å². The molecule has 1 N–H and O–H groups in total. The summed E-state index contributed by atoms with van der Waals surface area (Å²) in [6, 6.07) is 5.31. The van der Waals surface area contributed by atoms with E-state index in [1.807, 2.05) is 6.92 Å². The van der Waals surface area contributed by atoms with Crippen LogP contribution in [-0.2, 0) is 4.79 Å². The molecule has 4 rings (SSSR count). The molecule has 11 heteroatoms. The number of carbonyl (C=O) groups excluding carboxylic acids is 1. The van der Waals surface area contributed by atoms with Gasteiger partial charge in [0, 0.05) is 5.56 Å². The van der Waals surface area contributed by atoms with E-state index in [4.69, 9.17) is 4.74 Å². The van der Waals surface area contributed by atoms with Crippen molar-refractivity contribution in [1.82, 2.24) is 20.6 Å². The summed E-state index contributed by atoms with van der Waals surface area (Å²) in [5, 5.41) is 24.5. The minimum Gasteiger partial charge on any atom is -0.493 e. The van der Waals surface area contributed by atoms with Gasteiger partial charge < -0.3 is 4.74 Å². The van der Waals surface area contributed by atoms with Crippen LogP contribution in [0.5, 0.6) is 5.75 Å². The number of hydrogen-bond donors (Lipinski definition) is 1. The van der Waals surface area contributed by atoms with Crippen LogP contribution in [0.1, 0.15) is 18.9 Å². The van der Waals surface area contributed by atoms with E-state index in [1.54, 1.807) is 18.2 Å². The Balaban J connectivity index is 1.81. The first-order chi connectivity index (χ1) is 12.3. The Morgan fingerprint density at radius 1 is 1.20 bits per heavy atom. The van der Waals surface area contributed by atoms with E-state index in [-0.39, 0.29) is 17.4 Å². The summed E-state index contributed by atoms with van der Waals surface area (Å²) in [7, 11) is 0. The molecule has 0 bridgehead atoms. The first-order valence-electron chi connectivity index (χ1n) is 7.48. The first-order valence-corrected chi connectivity index (χ1v) is 7.48. The molecule has 3 heterocycles. The third kappa shape index (κ3) is 2.71. The average molecular weight is 337 g/mol. The summed E-state index contributed by atoms with van der Waals surface area (Å²) < 4.78 is 5.75. The lowest BCUT2D eigenvalue weighted by atomic mass is 10.1. The third-order valence-electron chi connectivity index (χ3n) is 3.42. The molecule has 2 aliphatic rings. The Hall–Kier alpha value is -3.63. The number of tetrazole rings is 1. The Labute approximate surface area is 140 Å². The number of benzene rings is 1. The normalized spacial score (nSPS) is 15.6. The van der Waals surface area contributed by atoms with Crippen LogP contribution in [0, 0.1) is 0 Å². The number of amides is 1. The molecule has 2 aliphatic heterocycles. The van der Waals surface area contributed by atoms with Gasteiger partial charge in [0.25, 0.3) is 0 Å². The van der Waals surface area contributed by atoms with Gasteiger partial charge in [0.2, 0.25) is 11.5 Å².